The Bertz CT molecular complexity index is 1160. The zero-order valence-corrected chi connectivity index (χ0v) is 20.0. The number of carbonyl (C=O) groups excluding carboxylic acids is 4. The van der Waals surface area contributed by atoms with Crippen LogP contribution in [-0.2, 0) is 11.1 Å². The fourth-order valence-electron chi connectivity index (χ4n) is 5.01. The maximum atomic E-state index is 13.3. The number of rotatable bonds is 4. The van der Waals surface area contributed by atoms with E-state index in [2.05, 4.69) is 10.6 Å². The molecule has 5 rings (SSSR count). The lowest BCUT2D eigenvalue weighted by Crippen LogP contribution is -2.51. The number of nitrogens with one attached hydrogen (secondary N) is 2. The molecule has 3 aromatic rings. The Morgan fingerprint density at radius 1 is 0.471 bits per heavy atom. The van der Waals surface area contributed by atoms with Gasteiger partial charge in [0.2, 0.25) is 0 Å². The number of Topliss-reactive ketones (excluding diaryl/α,β-unsaturated/α-hetero) is 4. The summed E-state index contributed by atoms with van der Waals surface area (Å²) in [6, 6.07) is 20.0. The van der Waals surface area contributed by atoms with Gasteiger partial charge in [-0.1, -0.05) is 72.8 Å². The molecule has 34 heavy (non-hydrogen) atoms. The van der Waals surface area contributed by atoms with Crippen LogP contribution in [0.5, 0.6) is 0 Å². The quantitative estimate of drug-likeness (QED) is 0.536. The molecular weight excluding hydrogens is 475 g/mol. The van der Waals surface area contributed by atoms with Gasteiger partial charge in [-0.15, -0.1) is 24.8 Å². The van der Waals surface area contributed by atoms with E-state index in [9.17, 15) is 19.2 Å². The molecule has 0 amide bonds. The molecule has 0 aromatic heterocycles. The Hall–Kier alpha value is -3.16. The fourth-order valence-corrected chi connectivity index (χ4v) is 5.01. The molecule has 0 aliphatic heterocycles. The summed E-state index contributed by atoms with van der Waals surface area (Å²) in [4.78, 5) is 53.1. The van der Waals surface area contributed by atoms with E-state index in [0.29, 0.717) is 33.4 Å². The highest BCUT2D eigenvalue weighted by atomic mass is 35.5. The SMILES string of the molecule is CNC1(c2ccc(C3(NC)C(=O)c4ccccc4C3=O)cc2)C(=O)c2ccccc2C1=O.Cl.Cl. The maximum Gasteiger partial charge on any atom is 0.196 e. The molecule has 2 N–H and O–H groups in total. The molecule has 6 nitrogen and oxygen atoms in total. The van der Waals surface area contributed by atoms with E-state index in [4.69, 9.17) is 0 Å². The zero-order valence-electron chi connectivity index (χ0n) is 18.4. The van der Waals surface area contributed by atoms with Gasteiger partial charge < -0.3 is 0 Å². The lowest BCUT2D eigenvalue weighted by molar-refractivity contribution is 0.0746. The van der Waals surface area contributed by atoms with Crippen molar-refractivity contribution >= 4 is 47.9 Å². The third kappa shape index (κ3) is 2.96. The highest BCUT2D eigenvalue weighted by Crippen LogP contribution is 2.40. The molecule has 0 saturated heterocycles. The van der Waals surface area contributed by atoms with Crippen molar-refractivity contribution in [2.75, 3.05) is 14.1 Å². The maximum absolute atomic E-state index is 13.3. The van der Waals surface area contributed by atoms with Crippen LogP contribution in [0.25, 0.3) is 0 Å². The number of carbonyl (C=O) groups is 4. The monoisotopic (exact) mass is 496 g/mol. The second-order valence-electron chi connectivity index (χ2n) is 7.99. The molecule has 0 saturated carbocycles. The van der Waals surface area contributed by atoms with Gasteiger partial charge in [0.15, 0.2) is 34.2 Å². The first-order valence-corrected chi connectivity index (χ1v) is 10.3. The first-order chi connectivity index (χ1) is 15.4. The van der Waals surface area contributed by atoms with Gasteiger partial charge in [0, 0.05) is 22.3 Å². The molecule has 0 fully saturated rings. The van der Waals surface area contributed by atoms with Crippen molar-refractivity contribution in [2.24, 2.45) is 0 Å². The highest BCUT2D eigenvalue weighted by molar-refractivity contribution is 6.34. The summed E-state index contributed by atoms with van der Waals surface area (Å²) < 4.78 is 0. The van der Waals surface area contributed by atoms with Gasteiger partial charge in [0.25, 0.3) is 0 Å². The van der Waals surface area contributed by atoms with Crippen molar-refractivity contribution in [3.63, 3.8) is 0 Å². The molecule has 3 aromatic carbocycles. The molecule has 0 spiro atoms. The Morgan fingerprint density at radius 3 is 0.912 bits per heavy atom. The molecule has 0 atom stereocenters. The summed E-state index contributed by atoms with van der Waals surface area (Å²) in [5, 5.41) is 5.87. The van der Waals surface area contributed by atoms with Crippen molar-refractivity contribution < 1.29 is 19.2 Å². The predicted octanol–water partition coefficient (Wildman–Crippen LogP) is 3.52. The van der Waals surface area contributed by atoms with Gasteiger partial charge in [-0.25, -0.2) is 0 Å². The van der Waals surface area contributed by atoms with Crippen molar-refractivity contribution in [3.8, 4) is 0 Å². The van der Waals surface area contributed by atoms with Crippen molar-refractivity contribution in [2.45, 2.75) is 11.1 Å². The average molecular weight is 497 g/mol. The molecule has 0 heterocycles. The van der Waals surface area contributed by atoms with Gasteiger partial charge in [-0.05, 0) is 25.2 Å². The highest BCUT2D eigenvalue weighted by Gasteiger charge is 2.55. The summed E-state index contributed by atoms with van der Waals surface area (Å²) in [5.41, 5.74) is -0.672. The van der Waals surface area contributed by atoms with E-state index in [1.807, 2.05) is 0 Å². The molecule has 8 heteroatoms. The second-order valence-corrected chi connectivity index (χ2v) is 7.99. The Kier molecular flexibility index (Phi) is 6.66. The van der Waals surface area contributed by atoms with Crippen LogP contribution in [0.1, 0.15) is 52.6 Å². The number of hydrogen-bond donors (Lipinski definition) is 2. The van der Waals surface area contributed by atoms with Gasteiger partial charge in [0.05, 0.1) is 0 Å². The van der Waals surface area contributed by atoms with Crippen LogP contribution < -0.4 is 10.6 Å². The van der Waals surface area contributed by atoms with E-state index in [1.54, 1.807) is 86.9 Å². The van der Waals surface area contributed by atoms with Crippen molar-refractivity contribution in [1.29, 1.82) is 0 Å². The summed E-state index contributed by atoms with van der Waals surface area (Å²) in [7, 11) is 3.15. The standard InChI is InChI=1S/C26H20N2O4.2ClH/c1-27-25(21(29)17-7-3-4-8-18(17)22(25)30)15-11-13-16(14-12-15)26(28-2)23(31)19-9-5-6-10-20(19)24(26)32;;/h3-14,27-28H,1-2H3;2*1H. The molecular formula is C26H22Cl2N2O4. The normalized spacial score (nSPS) is 17.0. The van der Waals surface area contributed by atoms with Crippen LogP contribution in [-0.4, -0.2) is 37.2 Å². The van der Waals surface area contributed by atoms with Crippen LogP contribution in [0.4, 0.5) is 0 Å². The summed E-state index contributed by atoms with van der Waals surface area (Å²) in [5.74, 6) is -1.29. The van der Waals surface area contributed by atoms with Gasteiger partial charge in [-0.2, -0.15) is 0 Å². The van der Waals surface area contributed by atoms with Crippen LogP contribution >= 0.6 is 24.8 Å². The predicted molar refractivity (Wildman–Crippen MR) is 133 cm³/mol. The number of hydrogen-bond acceptors (Lipinski definition) is 6. The topological polar surface area (TPSA) is 92.3 Å². The van der Waals surface area contributed by atoms with E-state index in [1.165, 1.54) is 0 Å². The summed E-state index contributed by atoms with van der Waals surface area (Å²) in [6.45, 7) is 0. The number of ketones is 4. The lowest BCUT2D eigenvalue weighted by Gasteiger charge is -2.29. The fraction of sp³-hybridized carbons (Fsp3) is 0.154. The number of fused-ring (bicyclic) bond motifs is 2. The van der Waals surface area contributed by atoms with E-state index in [0.717, 1.165) is 0 Å². The summed E-state index contributed by atoms with van der Waals surface area (Å²) >= 11 is 0. The van der Waals surface area contributed by atoms with Crippen LogP contribution in [0.15, 0.2) is 72.8 Å². The van der Waals surface area contributed by atoms with Crippen LogP contribution in [0, 0.1) is 0 Å². The van der Waals surface area contributed by atoms with Crippen molar-refractivity contribution in [1.82, 2.24) is 10.6 Å². The Labute approximate surface area is 209 Å². The Balaban J connectivity index is 0.00000162. The van der Waals surface area contributed by atoms with Gasteiger partial charge in [-0.3, -0.25) is 29.8 Å². The van der Waals surface area contributed by atoms with Gasteiger partial charge in [0.1, 0.15) is 0 Å². The number of likely N-dealkylation sites (N-methyl/N-ethyl adjacent to an activating group) is 2. The van der Waals surface area contributed by atoms with Crippen LogP contribution in [0.2, 0.25) is 0 Å². The minimum atomic E-state index is -1.54. The largest absolute Gasteiger partial charge is 0.297 e. The van der Waals surface area contributed by atoms with Crippen LogP contribution in [0.3, 0.4) is 0 Å². The number of benzene rings is 3. The molecule has 2 aliphatic rings. The van der Waals surface area contributed by atoms with E-state index in [-0.39, 0.29) is 47.9 Å². The number of halogens is 2. The second kappa shape index (κ2) is 8.89. The molecule has 2 aliphatic carbocycles. The lowest BCUT2D eigenvalue weighted by atomic mass is 9.81. The Morgan fingerprint density at radius 2 is 0.706 bits per heavy atom. The third-order valence-electron chi connectivity index (χ3n) is 6.70. The molecule has 0 radical (unpaired) electrons. The molecule has 174 valence electrons. The molecule has 0 bridgehead atoms. The first-order valence-electron chi connectivity index (χ1n) is 10.3. The van der Waals surface area contributed by atoms with E-state index < -0.39 is 11.1 Å². The minimum absolute atomic E-state index is 0. The van der Waals surface area contributed by atoms with Crippen molar-refractivity contribution in [3.05, 3.63) is 106 Å². The zero-order chi connectivity index (χ0) is 22.7. The van der Waals surface area contributed by atoms with Gasteiger partial charge >= 0.3 is 0 Å². The summed E-state index contributed by atoms with van der Waals surface area (Å²) in [6.07, 6.45) is 0. The first kappa shape index (κ1) is 25.5. The van der Waals surface area contributed by atoms with E-state index >= 15 is 0 Å². The smallest absolute Gasteiger partial charge is 0.196 e. The molecule has 0 unspecified atom stereocenters. The average Bonchev–Trinajstić information content (AvgIpc) is 3.20. The third-order valence-corrected chi connectivity index (χ3v) is 6.70. The minimum Gasteiger partial charge on any atom is -0.297 e.